The van der Waals surface area contributed by atoms with Crippen LogP contribution in [0.1, 0.15) is 11.1 Å². The first-order chi connectivity index (χ1) is 11.3. The Morgan fingerprint density at radius 1 is 0.957 bits per heavy atom. The fourth-order valence-corrected chi connectivity index (χ4v) is 2.90. The molecule has 0 radical (unpaired) electrons. The van der Waals surface area contributed by atoms with Crippen molar-refractivity contribution in [3.8, 4) is 11.8 Å². The molecule has 0 saturated carbocycles. The number of nitrogens with zero attached hydrogens (tertiary/aromatic N) is 3. The summed E-state index contributed by atoms with van der Waals surface area (Å²) in [5.41, 5.74) is 3.24. The summed E-state index contributed by atoms with van der Waals surface area (Å²) in [6, 6.07) is 18.3. The average molecular weight is 307 g/mol. The van der Waals surface area contributed by atoms with Crippen molar-refractivity contribution in [2.45, 2.75) is 6.54 Å². The van der Waals surface area contributed by atoms with Crippen molar-refractivity contribution in [1.82, 2.24) is 4.90 Å². The van der Waals surface area contributed by atoms with Crippen LogP contribution in [-0.4, -0.2) is 38.2 Å². The van der Waals surface area contributed by atoms with Gasteiger partial charge in [-0.2, -0.15) is 5.26 Å². The van der Waals surface area contributed by atoms with Crippen LogP contribution in [0.5, 0.6) is 5.75 Å². The van der Waals surface area contributed by atoms with E-state index in [-0.39, 0.29) is 0 Å². The van der Waals surface area contributed by atoms with E-state index in [1.165, 1.54) is 11.3 Å². The molecule has 4 heteroatoms. The van der Waals surface area contributed by atoms with Crippen LogP contribution in [0.2, 0.25) is 0 Å². The van der Waals surface area contributed by atoms with Gasteiger partial charge in [-0.05, 0) is 42.0 Å². The predicted molar refractivity (Wildman–Crippen MR) is 91.6 cm³/mol. The van der Waals surface area contributed by atoms with Crippen LogP contribution in [-0.2, 0) is 6.54 Å². The molecule has 0 atom stereocenters. The van der Waals surface area contributed by atoms with Gasteiger partial charge in [0.2, 0.25) is 0 Å². The summed E-state index contributed by atoms with van der Waals surface area (Å²) < 4.78 is 5.21. The molecule has 0 spiro atoms. The van der Waals surface area contributed by atoms with Crippen LogP contribution in [0.4, 0.5) is 5.69 Å². The maximum absolute atomic E-state index is 8.85. The number of rotatable bonds is 4. The van der Waals surface area contributed by atoms with E-state index in [2.05, 4.69) is 40.1 Å². The van der Waals surface area contributed by atoms with Crippen LogP contribution < -0.4 is 9.64 Å². The molecule has 1 fully saturated rings. The van der Waals surface area contributed by atoms with E-state index in [0.717, 1.165) is 44.0 Å². The van der Waals surface area contributed by atoms with Gasteiger partial charge >= 0.3 is 0 Å². The minimum Gasteiger partial charge on any atom is -0.497 e. The zero-order valence-electron chi connectivity index (χ0n) is 13.4. The highest BCUT2D eigenvalue weighted by Crippen LogP contribution is 2.21. The number of ether oxygens (including phenoxy) is 1. The zero-order valence-corrected chi connectivity index (χ0v) is 13.4. The molecule has 3 rings (SSSR count). The monoisotopic (exact) mass is 307 g/mol. The van der Waals surface area contributed by atoms with Crippen molar-refractivity contribution >= 4 is 5.69 Å². The predicted octanol–water partition coefficient (Wildman–Crippen LogP) is 2.89. The largest absolute Gasteiger partial charge is 0.497 e. The molecule has 2 aromatic carbocycles. The number of hydrogen-bond donors (Lipinski definition) is 0. The Labute approximate surface area is 137 Å². The van der Waals surface area contributed by atoms with Gasteiger partial charge in [-0.25, -0.2) is 0 Å². The van der Waals surface area contributed by atoms with Gasteiger partial charge < -0.3 is 9.64 Å². The minimum atomic E-state index is 0.720. The lowest BCUT2D eigenvalue weighted by Crippen LogP contribution is -2.45. The Bertz CT molecular complexity index is 665. The fraction of sp³-hybridized carbons (Fsp3) is 0.316. The van der Waals surface area contributed by atoms with Gasteiger partial charge in [0.25, 0.3) is 0 Å². The van der Waals surface area contributed by atoms with E-state index >= 15 is 0 Å². The highest BCUT2D eigenvalue weighted by atomic mass is 16.5. The summed E-state index contributed by atoms with van der Waals surface area (Å²) in [4.78, 5) is 4.87. The Kier molecular flexibility index (Phi) is 4.80. The highest BCUT2D eigenvalue weighted by Gasteiger charge is 2.17. The number of piperazine rings is 1. The summed E-state index contributed by atoms with van der Waals surface area (Å²) in [6.45, 7) is 5.10. The average Bonchev–Trinajstić information content (AvgIpc) is 2.63. The lowest BCUT2D eigenvalue weighted by molar-refractivity contribution is 0.250. The molecule has 2 aromatic rings. The lowest BCUT2D eigenvalue weighted by Gasteiger charge is -2.36. The quantitative estimate of drug-likeness (QED) is 0.871. The van der Waals surface area contributed by atoms with Crippen LogP contribution in [0.15, 0.2) is 48.5 Å². The van der Waals surface area contributed by atoms with Gasteiger partial charge in [0.1, 0.15) is 5.75 Å². The van der Waals surface area contributed by atoms with Crippen molar-refractivity contribution in [2.75, 3.05) is 38.2 Å². The first kappa shape index (κ1) is 15.4. The maximum Gasteiger partial charge on any atom is 0.119 e. The second kappa shape index (κ2) is 7.17. The molecule has 0 aliphatic carbocycles. The van der Waals surface area contributed by atoms with Gasteiger partial charge in [-0.15, -0.1) is 0 Å². The summed E-state index contributed by atoms with van der Waals surface area (Å²) in [6.07, 6.45) is 0. The summed E-state index contributed by atoms with van der Waals surface area (Å²) in [5, 5.41) is 8.85. The first-order valence-electron chi connectivity index (χ1n) is 7.89. The lowest BCUT2D eigenvalue weighted by atomic mass is 10.1. The molecular formula is C19H21N3O. The molecule has 1 heterocycles. The van der Waals surface area contributed by atoms with Crippen molar-refractivity contribution in [1.29, 1.82) is 5.26 Å². The standard InChI is InChI=1S/C19H21N3O/c1-23-19-8-6-18(7-9-19)22-12-10-21(11-13-22)15-17-4-2-16(14-20)3-5-17/h2-9H,10-13,15H2,1H3. The van der Waals surface area contributed by atoms with Gasteiger partial charge in [-0.1, -0.05) is 12.1 Å². The normalized spacial score (nSPS) is 15.2. The second-order valence-electron chi connectivity index (χ2n) is 5.77. The van der Waals surface area contributed by atoms with Gasteiger partial charge in [-0.3, -0.25) is 4.90 Å². The Morgan fingerprint density at radius 2 is 1.61 bits per heavy atom. The molecule has 1 aliphatic heterocycles. The second-order valence-corrected chi connectivity index (χ2v) is 5.77. The van der Waals surface area contributed by atoms with E-state index in [1.54, 1.807) is 7.11 Å². The van der Waals surface area contributed by atoms with Crippen LogP contribution in [0, 0.1) is 11.3 Å². The van der Waals surface area contributed by atoms with E-state index < -0.39 is 0 Å². The van der Waals surface area contributed by atoms with Gasteiger partial charge in [0.15, 0.2) is 0 Å². The third-order valence-corrected chi connectivity index (χ3v) is 4.30. The first-order valence-corrected chi connectivity index (χ1v) is 7.89. The molecular weight excluding hydrogens is 286 g/mol. The smallest absolute Gasteiger partial charge is 0.119 e. The molecule has 0 amide bonds. The molecule has 1 saturated heterocycles. The number of benzene rings is 2. The third-order valence-electron chi connectivity index (χ3n) is 4.30. The topological polar surface area (TPSA) is 39.5 Å². The molecule has 1 aliphatic rings. The van der Waals surface area contributed by atoms with Crippen molar-refractivity contribution in [3.63, 3.8) is 0 Å². The number of anilines is 1. The Hall–Kier alpha value is -2.51. The summed E-state index contributed by atoms with van der Waals surface area (Å²) >= 11 is 0. The molecule has 0 unspecified atom stereocenters. The van der Waals surface area contributed by atoms with Crippen LogP contribution in [0.3, 0.4) is 0 Å². The number of hydrogen-bond acceptors (Lipinski definition) is 4. The fourth-order valence-electron chi connectivity index (χ4n) is 2.90. The van der Waals surface area contributed by atoms with Crippen molar-refractivity contribution in [3.05, 3.63) is 59.7 Å². The molecule has 4 nitrogen and oxygen atoms in total. The van der Waals surface area contributed by atoms with E-state index in [9.17, 15) is 0 Å². The Morgan fingerprint density at radius 3 is 2.17 bits per heavy atom. The molecule has 23 heavy (non-hydrogen) atoms. The SMILES string of the molecule is COc1ccc(N2CCN(Cc3ccc(C#N)cc3)CC2)cc1. The number of nitriles is 1. The van der Waals surface area contributed by atoms with Crippen LogP contribution in [0.25, 0.3) is 0 Å². The van der Waals surface area contributed by atoms with Gasteiger partial charge in [0.05, 0.1) is 18.7 Å². The molecule has 0 aromatic heterocycles. The Balaban J connectivity index is 1.54. The molecule has 0 N–H and O–H groups in total. The zero-order chi connectivity index (χ0) is 16.1. The molecule has 0 bridgehead atoms. The van der Waals surface area contributed by atoms with Crippen molar-refractivity contribution in [2.24, 2.45) is 0 Å². The number of methoxy groups -OCH3 is 1. The van der Waals surface area contributed by atoms with Crippen LogP contribution >= 0.6 is 0 Å². The molecule has 118 valence electrons. The highest BCUT2D eigenvalue weighted by molar-refractivity contribution is 5.49. The maximum atomic E-state index is 8.85. The van der Waals surface area contributed by atoms with E-state index in [1.807, 2.05) is 24.3 Å². The summed E-state index contributed by atoms with van der Waals surface area (Å²) in [5.74, 6) is 0.896. The summed E-state index contributed by atoms with van der Waals surface area (Å²) in [7, 11) is 1.69. The minimum absolute atomic E-state index is 0.720. The van der Waals surface area contributed by atoms with Crippen molar-refractivity contribution < 1.29 is 4.74 Å². The third kappa shape index (κ3) is 3.82. The van der Waals surface area contributed by atoms with E-state index in [4.69, 9.17) is 10.00 Å². The van der Waals surface area contributed by atoms with E-state index in [0.29, 0.717) is 0 Å². The van der Waals surface area contributed by atoms with Gasteiger partial charge in [0, 0.05) is 38.4 Å².